The summed E-state index contributed by atoms with van der Waals surface area (Å²) in [6, 6.07) is 5.15. The van der Waals surface area contributed by atoms with Gasteiger partial charge in [-0.2, -0.15) is 0 Å². The number of carbonyl (C=O) groups is 2. The van der Waals surface area contributed by atoms with E-state index in [1.165, 1.54) is 0 Å². The Balaban J connectivity index is 1.75. The molecule has 0 atom stereocenters. The molecule has 6 nitrogen and oxygen atoms in total. The second-order valence-electron chi connectivity index (χ2n) is 5.50. The van der Waals surface area contributed by atoms with Gasteiger partial charge in [0.1, 0.15) is 5.75 Å². The van der Waals surface area contributed by atoms with Crippen LogP contribution < -0.4 is 10.1 Å². The SMILES string of the molecule is COc1ccc(NC(=O)CCN2CCN(C(C)=O)CC2)cc1Cl. The van der Waals surface area contributed by atoms with Crippen LogP contribution in [0.3, 0.4) is 0 Å². The van der Waals surface area contributed by atoms with Gasteiger partial charge in [0.25, 0.3) is 0 Å². The minimum absolute atomic E-state index is 0.0553. The maximum atomic E-state index is 12.0. The van der Waals surface area contributed by atoms with Crippen LogP contribution in [-0.4, -0.2) is 61.4 Å². The Morgan fingerprint density at radius 1 is 1.26 bits per heavy atom. The van der Waals surface area contributed by atoms with Crippen molar-refractivity contribution in [3.8, 4) is 5.75 Å². The number of benzene rings is 1. The monoisotopic (exact) mass is 339 g/mol. The Bertz CT molecular complexity index is 572. The van der Waals surface area contributed by atoms with Gasteiger partial charge in [0, 0.05) is 51.8 Å². The summed E-state index contributed by atoms with van der Waals surface area (Å²) >= 11 is 6.03. The fourth-order valence-corrected chi connectivity index (χ4v) is 2.77. The molecule has 0 saturated carbocycles. The zero-order chi connectivity index (χ0) is 16.8. The summed E-state index contributed by atoms with van der Waals surface area (Å²) < 4.78 is 5.08. The topological polar surface area (TPSA) is 61.9 Å². The number of carbonyl (C=O) groups excluding carboxylic acids is 2. The molecule has 0 aromatic heterocycles. The predicted molar refractivity (Wildman–Crippen MR) is 89.9 cm³/mol. The molecule has 0 bridgehead atoms. The third-order valence-corrected chi connectivity index (χ3v) is 4.20. The van der Waals surface area contributed by atoms with Crippen LogP contribution in [0.25, 0.3) is 0 Å². The standard InChI is InChI=1S/C16H22ClN3O3/c1-12(21)20-9-7-19(8-10-20)6-5-16(22)18-13-3-4-15(23-2)14(17)11-13/h3-4,11H,5-10H2,1-2H3,(H,18,22). The summed E-state index contributed by atoms with van der Waals surface area (Å²) in [6.07, 6.45) is 0.406. The molecule has 1 aromatic carbocycles. The molecule has 0 aliphatic carbocycles. The molecule has 1 saturated heterocycles. The molecule has 0 radical (unpaired) electrons. The lowest BCUT2D eigenvalue weighted by molar-refractivity contribution is -0.130. The van der Waals surface area contributed by atoms with Crippen molar-refractivity contribution in [2.24, 2.45) is 0 Å². The fraction of sp³-hybridized carbons (Fsp3) is 0.500. The Kier molecular flexibility index (Phi) is 6.24. The number of nitrogens with zero attached hydrogens (tertiary/aromatic N) is 2. The van der Waals surface area contributed by atoms with Gasteiger partial charge in [0.2, 0.25) is 11.8 Å². The van der Waals surface area contributed by atoms with E-state index in [2.05, 4.69) is 10.2 Å². The summed E-state index contributed by atoms with van der Waals surface area (Å²) in [7, 11) is 1.55. The maximum Gasteiger partial charge on any atom is 0.225 e. The van der Waals surface area contributed by atoms with Crippen LogP contribution in [-0.2, 0) is 9.59 Å². The first-order valence-corrected chi connectivity index (χ1v) is 7.98. The van der Waals surface area contributed by atoms with E-state index in [0.29, 0.717) is 29.4 Å². The third-order valence-electron chi connectivity index (χ3n) is 3.91. The average molecular weight is 340 g/mol. The maximum absolute atomic E-state index is 12.0. The van der Waals surface area contributed by atoms with Gasteiger partial charge in [0.05, 0.1) is 12.1 Å². The minimum atomic E-state index is -0.0553. The summed E-state index contributed by atoms with van der Waals surface area (Å²) in [6.45, 7) is 5.34. The summed E-state index contributed by atoms with van der Waals surface area (Å²) in [4.78, 5) is 27.3. The summed E-state index contributed by atoms with van der Waals surface area (Å²) in [5, 5.41) is 3.29. The van der Waals surface area contributed by atoms with E-state index in [1.807, 2.05) is 4.90 Å². The minimum Gasteiger partial charge on any atom is -0.495 e. The van der Waals surface area contributed by atoms with E-state index >= 15 is 0 Å². The van der Waals surface area contributed by atoms with E-state index in [1.54, 1.807) is 32.2 Å². The highest BCUT2D eigenvalue weighted by Gasteiger charge is 2.18. The van der Waals surface area contributed by atoms with Gasteiger partial charge in [-0.25, -0.2) is 0 Å². The number of halogens is 1. The zero-order valence-corrected chi connectivity index (χ0v) is 14.2. The number of amides is 2. The lowest BCUT2D eigenvalue weighted by atomic mass is 10.2. The van der Waals surface area contributed by atoms with Crippen LogP contribution in [0.5, 0.6) is 5.75 Å². The van der Waals surface area contributed by atoms with Gasteiger partial charge in [-0.3, -0.25) is 14.5 Å². The molecule has 2 amide bonds. The van der Waals surface area contributed by atoms with E-state index in [0.717, 1.165) is 26.2 Å². The van der Waals surface area contributed by atoms with Crippen molar-refractivity contribution in [3.05, 3.63) is 23.2 Å². The molecule has 23 heavy (non-hydrogen) atoms. The molecule has 2 rings (SSSR count). The first kappa shape index (κ1) is 17.6. The highest BCUT2D eigenvalue weighted by Crippen LogP contribution is 2.27. The van der Waals surface area contributed by atoms with Gasteiger partial charge >= 0.3 is 0 Å². The highest BCUT2D eigenvalue weighted by atomic mass is 35.5. The highest BCUT2D eigenvalue weighted by molar-refractivity contribution is 6.32. The number of nitrogens with one attached hydrogen (secondary N) is 1. The van der Waals surface area contributed by atoms with Crippen molar-refractivity contribution in [2.75, 3.05) is 45.2 Å². The van der Waals surface area contributed by atoms with Crippen LogP contribution in [0, 0.1) is 0 Å². The Hall–Kier alpha value is -1.79. The van der Waals surface area contributed by atoms with Gasteiger partial charge in [-0.05, 0) is 18.2 Å². The number of anilines is 1. The second-order valence-corrected chi connectivity index (χ2v) is 5.90. The zero-order valence-electron chi connectivity index (χ0n) is 13.5. The molecule has 1 aliphatic heterocycles. The Morgan fingerprint density at radius 3 is 2.52 bits per heavy atom. The van der Waals surface area contributed by atoms with Crippen LogP contribution in [0.1, 0.15) is 13.3 Å². The molecule has 1 aromatic rings. The van der Waals surface area contributed by atoms with E-state index in [4.69, 9.17) is 16.3 Å². The number of methoxy groups -OCH3 is 1. The molecular formula is C16H22ClN3O3. The predicted octanol–water partition coefficient (Wildman–Crippen LogP) is 1.84. The molecular weight excluding hydrogens is 318 g/mol. The molecule has 1 fully saturated rings. The molecule has 126 valence electrons. The molecule has 0 unspecified atom stereocenters. The molecule has 0 spiro atoms. The van der Waals surface area contributed by atoms with E-state index in [9.17, 15) is 9.59 Å². The quantitative estimate of drug-likeness (QED) is 0.889. The van der Waals surface area contributed by atoms with Crippen molar-refractivity contribution in [1.29, 1.82) is 0 Å². The van der Waals surface area contributed by atoms with Crippen LogP contribution >= 0.6 is 11.6 Å². The van der Waals surface area contributed by atoms with Crippen LogP contribution in [0.15, 0.2) is 18.2 Å². The molecule has 7 heteroatoms. The van der Waals surface area contributed by atoms with Crippen molar-refractivity contribution >= 4 is 29.1 Å². The second kappa shape index (κ2) is 8.17. The van der Waals surface area contributed by atoms with Crippen molar-refractivity contribution in [2.45, 2.75) is 13.3 Å². The lowest BCUT2D eigenvalue weighted by Gasteiger charge is -2.34. The molecule has 1 aliphatic rings. The normalized spacial score (nSPS) is 15.3. The first-order valence-electron chi connectivity index (χ1n) is 7.61. The Morgan fingerprint density at radius 2 is 1.96 bits per heavy atom. The fourth-order valence-electron chi connectivity index (χ4n) is 2.51. The van der Waals surface area contributed by atoms with Crippen molar-refractivity contribution < 1.29 is 14.3 Å². The third kappa shape index (κ3) is 5.11. The summed E-state index contributed by atoms with van der Waals surface area (Å²) in [5.41, 5.74) is 0.655. The van der Waals surface area contributed by atoms with E-state index in [-0.39, 0.29) is 11.8 Å². The van der Waals surface area contributed by atoms with Crippen molar-refractivity contribution in [1.82, 2.24) is 9.80 Å². The summed E-state index contributed by atoms with van der Waals surface area (Å²) in [5.74, 6) is 0.631. The lowest BCUT2D eigenvalue weighted by Crippen LogP contribution is -2.48. The smallest absolute Gasteiger partial charge is 0.225 e. The van der Waals surface area contributed by atoms with Crippen molar-refractivity contribution in [3.63, 3.8) is 0 Å². The number of hydrogen-bond acceptors (Lipinski definition) is 4. The Labute approximate surface area is 141 Å². The number of hydrogen-bond donors (Lipinski definition) is 1. The number of piperazine rings is 1. The van der Waals surface area contributed by atoms with Gasteiger partial charge in [0.15, 0.2) is 0 Å². The molecule has 1 N–H and O–H groups in total. The number of rotatable bonds is 5. The molecule has 1 heterocycles. The van der Waals surface area contributed by atoms with Crippen LogP contribution in [0.2, 0.25) is 5.02 Å². The first-order chi connectivity index (χ1) is 11.0. The van der Waals surface area contributed by atoms with E-state index < -0.39 is 0 Å². The van der Waals surface area contributed by atoms with Gasteiger partial charge in [-0.15, -0.1) is 0 Å². The largest absolute Gasteiger partial charge is 0.495 e. The van der Waals surface area contributed by atoms with Crippen LogP contribution in [0.4, 0.5) is 5.69 Å². The number of ether oxygens (including phenoxy) is 1. The average Bonchev–Trinajstić information content (AvgIpc) is 2.53. The van der Waals surface area contributed by atoms with Gasteiger partial charge in [-0.1, -0.05) is 11.6 Å². The van der Waals surface area contributed by atoms with Gasteiger partial charge < -0.3 is 15.0 Å².